The third-order valence-corrected chi connectivity index (χ3v) is 6.87. The summed E-state index contributed by atoms with van der Waals surface area (Å²) in [4.78, 5) is 30.5. The summed E-state index contributed by atoms with van der Waals surface area (Å²) < 4.78 is 27.4. The van der Waals surface area contributed by atoms with Gasteiger partial charge in [-0.25, -0.2) is 0 Å². The molecule has 4 rings (SSSR count). The van der Waals surface area contributed by atoms with E-state index in [-0.39, 0.29) is 19.0 Å². The minimum Gasteiger partial charge on any atom is -0.493 e. The number of aryl methyl sites for hydroxylation is 1. The van der Waals surface area contributed by atoms with Gasteiger partial charge in [-0.2, -0.15) is 4.80 Å². The number of amides is 2. The molecule has 0 aliphatic heterocycles. The molecule has 1 unspecified atom stereocenters. The summed E-state index contributed by atoms with van der Waals surface area (Å²) in [7, 11) is 6.21. The normalized spacial score (nSPS) is 11.9. The molecule has 0 saturated heterocycles. The number of furan rings is 1. The molecule has 2 heterocycles. The van der Waals surface area contributed by atoms with Crippen LogP contribution in [0.25, 0.3) is 11.4 Å². The number of rotatable bonds is 13. The third-order valence-electron chi connectivity index (χ3n) is 6.87. The number of ether oxygens (including phenoxy) is 4. The van der Waals surface area contributed by atoms with Crippen molar-refractivity contribution < 1.29 is 33.0 Å². The standard InChI is InChI=1S/C32H40N6O7/c1-20-9-12-25(45-20)29(31(40)33-32(2,3)4)37(16-15-21-10-13-23(41-5)26(17-21)43-7)28(39)19-38-35-30(34-36-38)22-11-14-24(42-6)27(18-22)44-8/h9-14,17-18,29H,15-16,19H2,1-8H3,(H,33,40). The summed E-state index contributed by atoms with van der Waals surface area (Å²) in [5.41, 5.74) is 0.951. The Balaban J connectivity index is 1.67. The van der Waals surface area contributed by atoms with Crippen molar-refractivity contribution in [1.29, 1.82) is 0 Å². The summed E-state index contributed by atoms with van der Waals surface area (Å²) in [6, 6.07) is 13.2. The number of benzene rings is 2. The first-order valence-corrected chi connectivity index (χ1v) is 14.3. The second-order valence-corrected chi connectivity index (χ2v) is 11.3. The Morgan fingerprint density at radius 3 is 2.16 bits per heavy atom. The van der Waals surface area contributed by atoms with Crippen LogP contribution in [0.15, 0.2) is 52.9 Å². The highest BCUT2D eigenvalue weighted by atomic mass is 16.5. The molecule has 13 heteroatoms. The SMILES string of the molecule is COc1ccc(CCN(C(=O)Cn2nnc(-c3ccc(OC)c(OC)c3)n2)C(C(=O)NC(C)(C)C)c2ccc(C)o2)cc1OC. The van der Waals surface area contributed by atoms with Crippen LogP contribution in [0.4, 0.5) is 0 Å². The van der Waals surface area contributed by atoms with Crippen LogP contribution in [0.5, 0.6) is 23.0 Å². The smallest absolute Gasteiger partial charge is 0.251 e. The van der Waals surface area contributed by atoms with Crippen molar-refractivity contribution in [3.8, 4) is 34.4 Å². The molecule has 0 aliphatic rings. The number of tetrazole rings is 1. The lowest BCUT2D eigenvalue weighted by atomic mass is 10.0. The van der Waals surface area contributed by atoms with Crippen LogP contribution < -0.4 is 24.3 Å². The molecule has 0 saturated carbocycles. The first kappa shape index (κ1) is 32.8. The van der Waals surface area contributed by atoms with Gasteiger partial charge < -0.3 is 33.6 Å². The van der Waals surface area contributed by atoms with E-state index in [1.807, 2.05) is 32.9 Å². The van der Waals surface area contributed by atoms with Gasteiger partial charge in [0, 0.05) is 17.6 Å². The van der Waals surface area contributed by atoms with Crippen molar-refractivity contribution >= 4 is 11.8 Å². The Bertz CT molecular complexity index is 1620. The van der Waals surface area contributed by atoms with Crippen molar-refractivity contribution in [2.45, 2.75) is 52.2 Å². The van der Waals surface area contributed by atoms with E-state index >= 15 is 0 Å². The maximum absolute atomic E-state index is 14.1. The Hall–Kier alpha value is -5.07. The van der Waals surface area contributed by atoms with E-state index in [0.29, 0.717) is 52.3 Å². The topological polar surface area (TPSA) is 143 Å². The van der Waals surface area contributed by atoms with Crippen LogP contribution in [-0.4, -0.2) is 77.4 Å². The molecule has 0 spiro atoms. The first-order valence-electron chi connectivity index (χ1n) is 14.3. The lowest BCUT2D eigenvalue weighted by Gasteiger charge is -2.32. The second-order valence-electron chi connectivity index (χ2n) is 11.3. The van der Waals surface area contributed by atoms with Gasteiger partial charge in [-0.15, -0.1) is 10.2 Å². The largest absolute Gasteiger partial charge is 0.493 e. The lowest BCUT2D eigenvalue weighted by molar-refractivity contribution is -0.143. The molecule has 240 valence electrons. The Labute approximate surface area is 262 Å². The van der Waals surface area contributed by atoms with E-state index in [9.17, 15) is 9.59 Å². The number of carbonyl (C=O) groups excluding carboxylic acids is 2. The quantitative estimate of drug-likeness (QED) is 0.233. The molecule has 0 radical (unpaired) electrons. The lowest BCUT2D eigenvalue weighted by Crippen LogP contribution is -2.50. The molecule has 0 bridgehead atoms. The maximum atomic E-state index is 14.1. The fourth-order valence-corrected chi connectivity index (χ4v) is 4.76. The average Bonchev–Trinajstić information content (AvgIpc) is 3.66. The van der Waals surface area contributed by atoms with E-state index in [1.54, 1.807) is 64.7 Å². The number of nitrogens with zero attached hydrogens (tertiary/aromatic N) is 5. The summed E-state index contributed by atoms with van der Waals surface area (Å²) in [6.07, 6.45) is 0.409. The van der Waals surface area contributed by atoms with Gasteiger partial charge in [0.25, 0.3) is 5.91 Å². The molecule has 1 N–H and O–H groups in total. The number of aromatic nitrogens is 4. The Morgan fingerprint density at radius 1 is 0.911 bits per heavy atom. The maximum Gasteiger partial charge on any atom is 0.251 e. The van der Waals surface area contributed by atoms with E-state index in [4.69, 9.17) is 23.4 Å². The molecule has 0 fully saturated rings. The molecular formula is C32H40N6O7. The van der Waals surface area contributed by atoms with Crippen molar-refractivity contribution in [3.63, 3.8) is 0 Å². The van der Waals surface area contributed by atoms with Gasteiger partial charge in [0.15, 0.2) is 29.0 Å². The molecule has 2 aromatic carbocycles. The number of hydrogen-bond donors (Lipinski definition) is 1. The third kappa shape index (κ3) is 8.11. The second kappa shape index (κ2) is 14.1. The van der Waals surface area contributed by atoms with Crippen LogP contribution in [-0.2, 0) is 22.6 Å². The Morgan fingerprint density at radius 2 is 1.56 bits per heavy atom. The minimum absolute atomic E-state index is 0.174. The van der Waals surface area contributed by atoms with Gasteiger partial charge in [0.05, 0.1) is 28.4 Å². The molecule has 13 nitrogen and oxygen atoms in total. The van der Waals surface area contributed by atoms with Crippen molar-refractivity contribution in [2.75, 3.05) is 35.0 Å². The fraction of sp³-hybridized carbons (Fsp3) is 0.406. The Kier molecular flexibility index (Phi) is 10.3. The molecule has 45 heavy (non-hydrogen) atoms. The summed E-state index contributed by atoms with van der Waals surface area (Å²) >= 11 is 0. The van der Waals surface area contributed by atoms with Crippen LogP contribution >= 0.6 is 0 Å². The zero-order valence-electron chi connectivity index (χ0n) is 26.9. The highest BCUT2D eigenvalue weighted by Crippen LogP contribution is 2.31. The predicted molar refractivity (Wildman–Crippen MR) is 165 cm³/mol. The van der Waals surface area contributed by atoms with Crippen LogP contribution in [0, 0.1) is 6.92 Å². The monoisotopic (exact) mass is 620 g/mol. The van der Waals surface area contributed by atoms with Crippen LogP contribution in [0.1, 0.15) is 43.9 Å². The van der Waals surface area contributed by atoms with E-state index in [2.05, 4.69) is 20.7 Å². The van der Waals surface area contributed by atoms with Gasteiger partial charge in [0.2, 0.25) is 11.7 Å². The van der Waals surface area contributed by atoms with Crippen LogP contribution in [0.3, 0.4) is 0 Å². The molecule has 2 aromatic heterocycles. The van der Waals surface area contributed by atoms with Gasteiger partial charge in [-0.3, -0.25) is 9.59 Å². The molecule has 4 aromatic rings. The highest BCUT2D eigenvalue weighted by Gasteiger charge is 2.35. The molecule has 1 atom stereocenters. The van der Waals surface area contributed by atoms with Gasteiger partial charge in [-0.05, 0) is 87.4 Å². The van der Waals surface area contributed by atoms with E-state index in [1.165, 1.54) is 16.8 Å². The van der Waals surface area contributed by atoms with E-state index < -0.39 is 17.5 Å². The number of carbonyl (C=O) groups is 2. The first-order chi connectivity index (χ1) is 21.5. The van der Waals surface area contributed by atoms with Crippen molar-refractivity contribution in [2.24, 2.45) is 0 Å². The highest BCUT2D eigenvalue weighted by molar-refractivity contribution is 5.88. The van der Waals surface area contributed by atoms with Crippen LogP contribution in [0.2, 0.25) is 0 Å². The minimum atomic E-state index is -1.06. The summed E-state index contributed by atoms with van der Waals surface area (Å²) in [6.45, 7) is 7.31. The molecular weight excluding hydrogens is 580 g/mol. The number of methoxy groups -OCH3 is 4. The summed E-state index contributed by atoms with van der Waals surface area (Å²) in [5.74, 6) is 2.67. The predicted octanol–water partition coefficient (Wildman–Crippen LogP) is 4.00. The number of hydrogen-bond acceptors (Lipinski definition) is 10. The van der Waals surface area contributed by atoms with Crippen molar-refractivity contribution in [3.05, 3.63) is 65.6 Å². The zero-order chi connectivity index (χ0) is 32.7. The number of nitrogens with one attached hydrogen (secondary N) is 1. The molecule has 2 amide bonds. The van der Waals surface area contributed by atoms with Gasteiger partial charge >= 0.3 is 0 Å². The zero-order valence-corrected chi connectivity index (χ0v) is 26.9. The van der Waals surface area contributed by atoms with E-state index in [0.717, 1.165) is 5.56 Å². The average molecular weight is 621 g/mol. The van der Waals surface area contributed by atoms with Crippen molar-refractivity contribution in [1.82, 2.24) is 30.4 Å². The molecule has 0 aliphatic carbocycles. The summed E-state index contributed by atoms with van der Waals surface area (Å²) in [5, 5.41) is 15.7. The fourth-order valence-electron chi connectivity index (χ4n) is 4.76. The van der Waals surface area contributed by atoms with Gasteiger partial charge in [0.1, 0.15) is 18.1 Å². The van der Waals surface area contributed by atoms with Gasteiger partial charge in [-0.1, -0.05) is 6.07 Å².